The van der Waals surface area contributed by atoms with Crippen LogP contribution in [0.1, 0.15) is 88.4 Å². The normalized spacial score (nSPS) is 20.7. The summed E-state index contributed by atoms with van der Waals surface area (Å²) in [6.07, 6.45) is 4.79. The molecule has 44 heavy (non-hydrogen) atoms. The number of alkyl carbamates (subject to hydrolysis) is 1. The van der Waals surface area contributed by atoms with Gasteiger partial charge in [-0.25, -0.2) is 4.79 Å². The van der Waals surface area contributed by atoms with Gasteiger partial charge < -0.3 is 35.4 Å². The Balaban J connectivity index is 1.53. The highest BCUT2D eigenvalue weighted by Crippen LogP contribution is 2.33. The van der Waals surface area contributed by atoms with Crippen molar-refractivity contribution in [2.24, 2.45) is 11.8 Å². The summed E-state index contributed by atoms with van der Waals surface area (Å²) in [5.74, 6) is 0.0911. The number of hydrogen-bond donors (Lipinski definition) is 5. The fraction of sp³-hybridized carbons (Fsp3) is 0.600. The van der Waals surface area contributed by atoms with E-state index in [-0.39, 0.29) is 25.5 Å². The van der Waals surface area contributed by atoms with E-state index in [1.165, 1.54) is 6.42 Å². The zero-order valence-electron chi connectivity index (χ0n) is 26.3. The zero-order chi connectivity index (χ0) is 31.7. The summed E-state index contributed by atoms with van der Waals surface area (Å²) in [7, 11) is 0. The highest BCUT2D eigenvalue weighted by atomic mass is 16.6. The number of amides is 2. The first-order valence-electron chi connectivity index (χ1n) is 16.1. The third-order valence-corrected chi connectivity index (χ3v) is 8.64. The number of fused-ring (bicyclic) bond motifs is 1. The first kappa shape index (κ1) is 33.7. The Labute approximate surface area is 261 Å². The molecule has 0 bridgehead atoms. The Kier molecular flexibility index (Phi) is 12.1. The van der Waals surface area contributed by atoms with Gasteiger partial charge in [-0.1, -0.05) is 68.5 Å². The molecule has 9 heteroatoms. The fourth-order valence-electron chi connectivity index (χ4n) is 6.48. The van der Waals surface area contributed by atoms with Crippen molar-refractivity contribution in [3.63, 3.8) is 0 Å². The van der Waals surface area contributed by atoms with E-state index in [1.54, 1.807) is 32.9 Å². The molecule has 242 valence electrons. The SMILES string of the molecule is CC(C)(C)OC(=O)NC(CC1CCCCC1)C(O)CC(Cc1ccc(OCCO)cc1)C(=O)N[C@H]1c2ccccc2C[C@@H]1O. The fourth-order valence-corrected chi connectivity index (χ4v) is 6.48. The Morgan fingerprint density at radius 2 is 1.73 bits per heavy atom. The van der Waals surface area contributed by atoms with Crippen LogP contribution in [0.2, 0.25) is 0 Å². The van der Waals surface area contributed by atoms with Crippen molar-refractivity contribution in [2.75, 3.05) is 13.2 Å². The van der Waals surface area contributed by atoms with E-state index in [9.17, 15) is 19.8 Å². The van der Waals surface area contributed by atoms with Crippen LogP contribution in [0.15, 0.2) is 48.5 Å². The van der Waals surface area contributed by atoms with Gasteiger partial charge in [-0.15, -0.1) is 0 Å². The number of aliphatic hydroxyl groups is 3. The molecule has 5 atom stereocenters. The molecular formula is C35H50N2O7. The maximum atomic E-state index is 13.9. The minimum atomic E-state index is -0.992. The zero-order valence-corrected chi connectivity index (χ0v) is 26.3. The second kappa shape index (κ2) is 15.7. The number of rotatable bonds is 13. The minimum Gasteiger partial charge on any atom is -0.491 e. The number of ether oxygens (including phenoxy) is 2. The third-order valence-electron chi connectivity index (χ3n) is 8.64. The molecule has 0 saturated heterocycles. The molecule has 2 aliphatic rings. The van der Waals surface area contributed by atoms with Crippen LogP contribution in [0.5, 0.6) is 5.75 Å². The smallest absolute Gasteiger partial charge is 0.407 e. The molecule has 2 amide bonds. The monoisotopic (exact) mass is 610 g/mol. The molecule has 0 aromatic heterocycles. The van der Waals surface area contributed by atoms with Gasteiger partial charge in [-0.05, 0) is 74.8 Å². The van der Waals surface area contributed by atoms with Gasteiger partial charge in [0.25, 0.3) is 0 Å². The molecule has 5 N–H and O–H groups in total. The van der Waals surface area contributed by atoms with E-state index in [0.717, 1.165) is 42.4 Å². The molecule has 1 saturated carbocycles. The van der Waals surface area contributed by atoms with Crippen molar-refractivity contribution in [2.45, 2.75) is 108 Å². The van der Waals surface area contributed by atoms with Gasteiger partial charge in [-0.2, -0.15) is 0 Å². The van der Waals surface area contributed by atoms with Crippen LogP contribution >= 0.6 is 0 Å². The Morgan fingerprint density at radius 1 is 1.02 bits per heavy atom. The van der Waals surface area contributed by atoms with Gasteiger partial charge in [0.2, 0.25) is 5.91 Å². The van der Waals surface area contributed by atoms with Crippen LogP contribution in [0.3, 0.4) is 0 Å². The van der Waals surface area contributed by atoms with Gasteiger partial charge in [0.1, 0.15) is 18.0 Å². The molecular weight excluding hydrogens is 560 g/mol. The van der Waals surface area contributed by atoms with Gasteiger partial charge >= 0.3 is 6.09 Å². The minimum absolute atomic E-state index is 0.0859. The number of benzene rings is 2. The molecule has 0 heterocycles. The van der Waals surface area contributed by atoms with Gasteiger partial charge in [0.15, 0.2) is 0 Å². The number of carbonyl (C=O) groups is 2. The lowest BCUT2D eigenvalue weighted by atomic mass is 9.82. The third kappa shape index (κ3) is 9.94. The maximum absolute atomic E-state index is 13.9. The second-order valence-electron chi connectivity index (χ2n) is 13.4. The lowest BCUT2D eigenvalue weighted by Gasteiger charge is -2.32. The van der Waals surface area contributed by atoms with Gasteiger partial charge in [0, 0.05) is 12.3 Å². The molecule has 4 rings (SSSR count). The summed E-state index contributed by atoms with van der Waals surface area (Å²) >= 11 is 0. The van der Waals surface area contributed by atoms with E-state index in [4.69, 9.17) is 14.6 Å². The maximum Gasteiger partial charge on any atom is 0.407 e. The van der Waals surface area contributed by atoms with Crippen LogP contribution in [-0.4, -0.2) is 64.4 Å². The van der Waals surface area contributed by atoms with Crippen molar-refractivity contribution in [3.8, 4) is 5.75 Å². The van der Waals surface area contributed by atoms with Crippen LogP contribution in [0, 0.1) is 11.8 Å². The van der Waals surface area contributed by atoms with Gasteiger partial charge in [0.05, 0.1) is 30.9 Å². The molecule has 1 fully saturated rings. The Hall–Kier alpha value is -3.14. The van der Waals surface area contributed by atoms with Crippen LogP contribution in [-0.2, 0) is 22.4 Å². The number of nitrogens with one attached hydrogen (secondary N) is 2. The summed E-state index contributed by atoms with van der Waals surface area (Å²) < 4.78 is 11.0. The van der Waals surface area contributed by atoms with E-state index >= 15 is 0 Å². The average Bonchev–Trinajstić information content (AvgIpc) is 3.30. The topological polar surface area (TPSA) is 137 Å². The molecule has 2 aromatic carbocycles. The van der Waals surface area contributed by atoms with Crippen molar-refractivity contribution < 1.29 is 34.4 Å². The van der Waals surface area contributed by atoms with Crippen LogP contribution in [0.4, 0.5) is 4.79 Å². The quantitative estimate of drug-likeness (QED) is 0.223. The second-order valence-corrected chi connectivity index (χ2v) is 13.4. The summed E-state index contributed by atoms with van der Waals surface area (Å²) in [6, 6.07) is 13.9. The standard InChI is InChI=1S/C35H50N2O7/c1-35(2,3)44-34(42)36-29(20-23-9-5-4-6-10-23)30(39)22-26(19-24-13-15-27(16-14-24)43-18-17-38)33(41)37-32-28-12-8-7-11-25(28)21-31(32)40/h7-8,11-16,23,26,29-32,38-40H,4-6,9-10,17-22H2,1-3H3,(H,36,42)(H,37,41)/t26?,29?,30?,31-,32-/m0/s1. The molecule has 0 radical (unpaired) electrons. The lowest BCUT2D eigenvalue weighted by molar-refractivity contribution is -0.127. The number of aliphatic hydroxyl groups excluding tert-OH is 3. The average molecular weight is 611 g/mol. The lowest BCUT2D eigenvalue weighted by Crippen LogP contribution is -2.48. The van der Waals surface area contributed by atoms with Crippen molar-refractivity contribution >= 4 is 12.0 Å². The molecule has 0 spiro atoms. The van der Waals surface area contributed by atoms with Gasteiger partial charge in [-0.3, -0.25) is 4.79 Å². The molecule has 9 nitrogen and oxygen atoms in total. The van der Waals surface area contributed by atoms with Crippen LogP contribution < -0.4 is 15.4 Å². The first-order chi connectivity index (χ1) is 21.0. The highest BCUT2D eigenvalue weighted by Gasteiger charge is 2.36. The first-order valence-corrected chi connectivity index (χ1v) is 16.1. The summed E-state index contributed by atoms with van der Waals surface area (Å²) in [5.41, 5.74) is 2.11. The molecule has 2 aromatic rings. The largest absolute Gasteiger partial charge is 0.491 e. The van der Waals surface area contributed by atoms with E-state index in [2.05, 4.69) is 10.6 Å². The summed E-state index contributed by atoms with van der Waals surface area (Å²) in [5, 5.41) is 37.5. The summed E-state index contributed by atoms with van der Waals surface area (Å²) in [4.78, 5) is 26.8. The van der Waals surface area contributed by atoms with E-state index < -0.39 is 41.9 Å². The predicted octanol–water partition coefficient (Wildman–Crippen LogP) is 4.61. The van der Waals surface area contributed by atoms with E-state index in [0.29, 0.717) is 30.9 Å². The predicted molar refractivity (Wildman–Crippen MR) is 168 cm³/mol. The highest BCUT2D eigenvalue weighted by molar-refractivity contribution is 5.80. The summed E-state index contributed by atoms with van der Waals surface area (Å²) in [6.45, 7) is 5.51. The van der Waals surface area contributed by atoms with Crippen molar-refractivity contribution in [1.82, 2.24) is 10.6 Å². The Bertz CT molecular complexity index is 1210. The van der Waals surface area contributed by atoms with E-state index in [1.807, 2.05) is 36.4 Å². The molecule has 2 aliphatic carbocycles. The van der Waals surface area contributed by atoms with Crippen molar-refractivity contribution in [3.05, 3.63) is 65.2 Å². The van der Waals surface area contributed by atoms with Crippen molar-refractivity contribution in [1.29, 1.82) is 0 Å². The molecule has 0 aliphatic heterocycles. The molecule has 3 unspecified atom stereocenters. The number of carbonyl (C=O) groups excluding carboxylic acids is 2. The number of hydrogen-bond acceptors (Lipinski definition) is 7. The van der Waals surface area contributed by atoms with Crippen LogP contribution in [0.25, 0.3) is 0 Å². The Morgan fingerprint density at radius 3 is 2.41 bits per heavy atom.